The van der Waals surface area contributed by atoms with E-state index in [0.29, 0.717) is 22.3 Å². The monoisotopic (exact) mass is 423 g/mol. The lowest BCUT2D eigenvalue weighted by atomic mass is 9.84. The zero-order chi connectivity index (χ0) is 20.6. The predicted octanol–water partition coefficient (Wildman–Crippen LogP) is 1.59. The normalized spacial score (nSPS) is 19.2. The number of nitrogens with zero attached hydrogens (tertiary/aromatic N) is 2. The van der Waals surface area contributed by atoms with E-state index < -0.39 is 6.10 Å². The van der Waals surface area contributed by atoms with Gasteiger partial charge in [-0.2, -0.15) is 0 Å². The van der Waals surface area contributed by atoms with Gasteiger partial charge in [-0.25, -0.2) is 4.79 Å². The van der Waals surface area contributed by atoms with Gasteiger partial charge in [0.15, 0.2) is 6.10 Å². The Bertz CT molecular complexity index is 1100. The minimum absolute atomic E-state index is 0.0624. The maximum absolute atomic E-state index is 12.5. The number of aromatic nitrogens is 2. The van der Waals surface area contributed by atoms with Crippen molar-refractivity contribution in [2.45, 2.75) is 26.4 Å². The van der Waals surface area contributed by atoms with Gasteiger partial charge in [-0.05, 0) is 31.5 Å². The molecule has 1 N–H and O–H groups in total. The number of rotatable bonds is 5. The molecule has 0 spiro atoms. The summed E-state index contributed by atoms with van der Waals surface area (Å²) in [4.78, 5) is 24.6. The van der Waals surface area contributed by atoms with Gasteiger partial charge in [0, 0.05) is 31.1 Å². The molecule has 0 aliphatic heterocycles. The topological polar surface area (TPSA) is 65.3 Å². The van der Waals surface area contributed by atoms with Crippen LogP contribution in [0, 0.1) is 5.41 Å². The Hall–Kier alpha value is -2.18. The molecule has 1 aromatic heterocycles. The van der Waals surface area contributed by atoms with Gasteiger partial charge in [0.05, 0.1) is 15.7 Å². The number of hydrogen-bond acceptors (Lipinski definition) is 3. The lowest BCUT2D eigenvalue weighted by molar-refractivity contribution is -0.127. The summed E-state index contributed by atoms with van der Waals surface area (Å²) in [5.41, 5.74) is -0.362. The van der Waals surface area contributed by atoms with Gasteiger partial charge in [0.25, 0.3) is 5.91 Å². The van der Waals surface area contributed by atoms with Gasteiger partial charge < -0.3 is 10.1 Å². The number of halogens is 2. The molecule has 1 heterocycles. The third-order valence-electron chi connectivity index (χ3n) is 5.04. The van der Waals surface area contributed by atoms with Crippen molar-refractivity contribution in [1.29, 1.82) is 0 Å². The van der Waals surface area contributed by atoms with E-state index >= 15 is 0 Å². The van der Waals surface area contributed by atoms with Crippen LogP contribution in [0.1, 0.15) is 20.3 Å². The first-order valence-corrected chi connectivity index (χ1v) is 9.71. The van der Waals surface area contributed by atoms with Crippen LogP contribution in [0.2, 0.25) is 10.0 Å². The standard InChI is InChI=1S/C20H23Cl2N3O3/c1-12(28-17-6-5-13(21)9-14(17)22)18(26)23-11-20(2)8-7-15-16(10-20)25(4)19(27)24(15)3/h5-7,9-10,12H,8,11H2,1-4H3,(H,23,26)/t12-,20?/m1/s1. The van der Waals surface area contributed by atoms with Crippen molar-refractivity contribution >= 4 is 41.3 Å². The van der Waals surface area contributed by atoms with Crippen molar-refractivity contribution in [2.75, 3.05) is 6.54 Å². The highest BCUT2D eigenvalue weighted by atomic mass is 35.5. The first kappa shape index (κ1) is 20.6. The van der Waals surface area contributed by atoms with Crippen molar-refractivity contribution in [3.05, 3.63) is 49.4 Å². The molecule has 0 saturated heterocycles. The molecule has 1 aromatic carbocycles. The molecule has 2 atom stereocenters. The summed E-state index contributed by atoms with van der Waals surface area (Å²) in [7, 11) is 3.51. The summed E-state index contributed by atoms with van der Waals surface area (Å²) in [5, 5.41) is 5.57. The molecule has 1 unspecified atom stereocenters. The number of benzene rings is 1. The first-order chi connectivity index (χ1) is 13.1. The predicted molar refractivity (Wildman–Crippen MR) is 111 cm³/mol. The molecule has 1 amide bonds. The quantitative estimate of drug-likeness (QED) is 0.793. The van der Waals surface area contributed by atoms with E-state index in [9.17, 15) is 9.59 Å². The van der Waals surface area contributed by atoms with Crippen LogP contribution in [0.15, 0.2) is 23.0 Å². The summed E-state index contributed by atoms with van der Waals surface area (Å²) in [6, 6.07) is 4.86. The molecular formula is C20H23Cl2N3O3. The molecule has 3 rings (SSSR count). The Labute approximate surface area is 173 Å². The van der Waals surface area contributed by atoms with Crippen molar-refractivity contribution in [2.24, 2.45) is 19.5 Å². The average Bonchev–Trinajstić information content (AvgIpc) is 2.85. The van der Waals surface area contributed by atoms with Crippen molar-refractivity contribution < 1.29 is 9.53 Å². The van der Waals surface area contributed by atoms with Crippen molar-refractivity contribution in [3.8, 4) is 5.75 Å². The van der Waals surface area contributed by atoms with E-state index in [1.54, 1.807) is 48.4 Å². The van der Waals surface area contributed by atoms with Crippen molar-refractivity contribution in [3.63, 3.8) is 0 Å². The molecule has 0 radical (unpaired) electrons. The number of nitrogens with one attached hydrogen (secondary N) is 1. The second-order valence-corrected chi connectivity index (χ2v) is 8.27. The van der Waals surface area contributed by atoms with Gasteiger partial charge in [0.2, 0.25) is 0 Å². The Balaban J connectivity index is 1.69. The fourth-order valence-electron chi connectivity index (χ4n) is 3.28. The van der Waals surface area contributed by atoms with Crippen LogP contribution in [0.25, 0.3) is 12.2 Å². The number of hydrogen-bond donors (Lipinski definition) is 1. The van der Waals surface area contributed by atoms with Gasteiger partial charge in [-0.1, -0.05) is 42.3 Å². The third-order valence-corrected chi connectivity index (χ3v) is 5.57. The van der Waals surface area contributed by atoms with Gasteiger partial charge >= 0.3 is 5.69 Å². The zero-order valence-electron chi connectivity index (χ0n) is 16.3. The number of carbonyl (C=O) groups excluding carboxylic acids is 1. The summed E-state index contributed by atoms with van der Waals surface area (Å²) in [6.07, 6.45) is 4.09. The van der Waals surface area contributed by atoms with Crippen LogP contribution in [-0.4, -0.2) is 27.7 Å². The molecule has 1 aliphatic rings. The van der Waals surface area contributed by atoms with E-state index in [1.165, 1.54) is 0 Å². The van der Waals surface area contributed by atoms with Crippen LogP contribution < -0.4 is 26.4 Å². The van der Waals surface area contributed by atoms with Crippen LogP contribution in [0.4, 0.5) is 0 Å². The largest absolute Gasteiger partial charge is 0.479 e. The van der Waals surface area contributed by atoms with Gasteiger partial charge in [0.1, 0.15) is 5.75 Å². The molecule has 0 saturated carbocycles. The van der Waals surface area contributed by atoms with Crippen LogP contribution in [0.5, 0.6) is 5.75 Å². The number of amides is 1. The lowest BCUT2D eigenvalue weighted by Gasteiger charge is -2.27. The van der Waals surface area contributed by atoms with E-state index in [1.807, 2.05) is 19.1 Å². The molecule has 28 heavy (non-hydrogen) atoms. The van der Waals surface area contributed by atoms with E-state index in [4.69, 9.17) is 27.9 Å². The maximum atomic E-state index is 12.5. The summed E-state index contributed by atoms with van der Waals surface area (Å²) >= 11 is 12.0. The fourth-order valence-corrected chi connectivity index (χ4v) is 3.73. The minimum Gasteiger partial charge on any atom is -0.479 e. The number of carbonyl (C=O) groups is 1. The molecule has 1 aliphatic carbocycles. The smallest absolute Gasteiger partial charge is 0.328 e. The Kier molecular flexibility index (Phi) is 5.64. The summed E-state index contributed by atoms with van der Waals surface area (Å²) in [6.45, 7) is 4.14. The molecule has 150 valence electrons. The Morgan fingerprint density at radius 1 is 1.29 bits per heavy atom. The van der Waals surface area contributed by atoms with Crippen molar-refractivity contribution in [1.82, 2.24) is 14.5 Å². The second kappa shape index (κ2) is 7.68. The molecular weight excluding hydrogens is 401 g/mol. The fraction of sp³-hybridized carbons (Fsp3) is 0.400. The van der Waals surface area contributed by atoms with E-state index in [2.05, 4.69) is 5.32 Å². The molecule has 6 nitrogen and oxygen atoms in total. The van der Waals surface area contributed by atoms with Gasteiger partial charge in [-0.15, -0.1) is 0 Å². The zero-order valence-corrected chi connectivity index (χ0v) is 17.8. The third kappa shape index (κ3) is 3.98. The average molecular weight is 424 g/mol. The highest BCUT2D eigenvalue weighted by Gasteiger charge is 2.26. The molecule has 2 aromatic rings. The Morgan fingerprint density at radius 2 is 1.96 bits per heavy atom. The number of fused-ring (bicyclic) bond motifs is 1. The maximum Gasteiger partial charge on any atom is 0.328 e. The molecule has 0 fully saturated rings. The lowest BCUT2D eigenvalue weighted by Crippen LogP contribution is -2.45. The SMILES string of the molecule is C[C@@H](Oc1ccc(Cl)cc1Cl)C(=O)NCC1(C)C=c2c(n(C)c(=O)n2C)=CC1. The molecule has 8 heteroatoms. The van der Waals surface area contributed by atoms with E-state index in [0.717, 1.165) is 17.1 Å². The van der Waals surface area contributed by atoms with Crippen LogP contribution in [0.3, 0.4) is 0 Å². The first-order valence-electron chi connectivity index (χ1n) is 8.95. The summed E-state index contributed by atoms with van der Waals surface area (Å²) < 4.78 is 8.92. The number of ether oxygens (including phenoxy) is 1. The minimum atomic E-state index is -0.716. The number of imidazole rings is 1. The highest BCUT2D eigenvalue weighted by Crippen LogP contribution is 2.28. The Morgan fingerprint density at radius 3 is 2.64 bits per heavy atom. The summed E-state index contributed by atoms with van der Waals surface area (Å²) in [5.74, 6) is 0.162. The van der Waals surface area contributed by atoms with Crippen LogP contribution in [-0.2, 0) is 18.9 Å². The van der Waals surface area contributed by atoms with Gasteiger partial charge in [-0.3, -0.25) is 13.9 Å². The van der Waals surface area contributed by atoms with E-state index in [-0.39, 0.29) is 17.0 Å². The second-order valence-electron chi connectivity index (χ2n) is 7.43. The van der Waals surface area contributed by atoms with Crippen LogP contribution >= 0.6 is 23.2 Å². The molecule has 0 bridgehead atoms. The highest BCUT2D eigenvalue weighted by molar-refractivity contribution is 6.35.